The number of carbonyl (C=O) groups is 1. The van der Waals surface area contributed by atoms with Gasteiger partial charge in [-0.1, -0.05) is 24.2 Å². The van der Waals surface area contributed by atoms with E-state index in [2.05, 4.69) is 27.4 Å². The maximum absolute atomic E-state index is 13.0. The molecule has 3 aromatic rings. The highest BCUT2D eigenvalue weighted by Crippen LogP contribution is 2.32. The fraction of sp³-hybridized carbons (Fsp3) is 0.300. The Morgan fingerprint density at radius 2 is 2.11 bits per heavy atom. The van der Waals surface area contributed by atoms with Crippen molar-refractivity contribution in [3.05, 3.63) is 66.1 Å². The second-order valence-electron chi connectivity index (χ2n) is 6.97. The number of likely N-dealkylation sites (tertiary alicyclic amines) is 1. The second-order valence-corrected chi connectivity index (χ2v) is 6.97. The van der Waals surface area contributed by atoms with Crippen molar-refractivity contribution in [2.75, 3.05) is 13.1 Å². The van der Waals surface area contributed by atoms with Gasteiger partial charge in [-0.2, -0.15) is 4.98 Å². The van der Waals surface area contributed by atoms with E-state index in [4.69, 9.17) is 4.52 Å². The molecule has 0 radical (unpaired) electrons. The normalized spacial score (nSPS) is 19.0. The van der Waals surface area contributed by atoms with Crippen LogP contribution < -0.4 is 5.32 Å². The molecular formula is C20H20FN5O2. The Bertz CT molecular complexity index is 945. The molecule has 0 bridgehead atoms. The molecule has 144 valence electrons. The number of carbonyl (C=O) groups excluding carboxylic acids is 1. The van der Waals surface area contributed by atoms with Gasteiger partial charge in [-0.05, 0) is 35.7 Å². The van der Waals surface area contributed by atoms with Crippen molar-refractivity contribution in [1.29, 1.82) is 0 Å². The summed E-state index contributed by atoms with van der Waals surface area (Å²) < 4.78 is 18.4. The SMILES string of the molecule is CC1CN(C(=O)NCc2ccc(F)cc2)CC1c1nc(-c2cccnc2)no1. The molecule has 1 fully saturated rings. The van der Waals surface area contributed by atoms with E-state index in [1.54, 1.807) is 29.4 Å². The quantitative estimate of drug-likeness (QED) is 0.750. The average Bonchev–Trinajstić information content (AvgIpc) is 3.35. The number of nitrogens with one attached hydrogen (secondary N) is 1. The summed E-state index contributed by atoms with van der Waals surface area (Å²) in [6.45, 7) is 3.52. The molecule has 0 saturated carbocycles. The molecule has 2 unspecified atom stereocenters. The Morgan fingerprint density at radius 3 is 2.86 bits per heavy atom. The first-order chi connectivity index (χ1) is 13.6. The van der Waals surface area contributed by atoms with Crippen molar-refractivity contribution in [2.45, 2.75) is 19.4 Å². The number of urea groups is 1. The van der Waals surface area contributed by atoms with Crippen LogP contribution in [0.3, 0.4) is 0 Å². The summed E-state index contributed by atoms with van der Waals surface area (Å²) in [5.41, 5.74) is 1.63. The smallest absolute Gasteiger partial charge is 0.317 e. The van der Waals surface area contributed by atoms with E-state index in [-0.39, 0.29) is 23.7 Å². The Morgan fingerprint density at radius 1 is 1.29 bits per heavy atom. The van der Waals surface area contributed by atoms with Crippen LogP contribution in [0.2, 0.25) is 0 Å². The number of aromatic nitrogens is 3. The molecule has 1 aromatic carbocycles. The fourth-order valence-electron chi connectivity index (χ4n) is 3.34. The first-order valence-corrected chi connectivity index (χ1v) is 9.11. The topological polar surface area (TPSA) is 84.2 Å². The van der Waals surface area contributed by atoms with Crippen molar-refractivity contribution in [2.24, 2.45) is 5.92 Å². The zero-order valence-corrected chi connectivity index (χ0v) is 15.4. The summed E-state index contributed by atoms with van der Waals surface area (Å²) in [4.78, 5) is 22.8. The highest BCUT2D eigenvalue weighted by atomic mass is 19.1. The fourth-order valence-corrected chi connectivity index (χ4v) is 3.34. The summed E-state index contributed by atoms with van der Waals surface area (Å²) >= 11 is 0. The highest BCUT2D eigenvalue weighted by Gasteiger charge is 2.37. The molecule has 1 saturated heterocycles. The molecular weight excluding hydrogens is 361 g/mol. The van der Waals surface area contributed by atoms with Gasteiger partial charge >= 0.3 is 6.03 Å². The number of halogens is 1. The molecule has 1 aliphatic heterocycles. The third kappa shape index (κ3) is 3.85. The Kier molecular flexibility index (Phi) is 5.01. The van der Waals surface area contributed by atoms with Crippen LogP contribution in [-0.2, 0) is 6.54 Å². The van der Waals surface area contributed by atoms with Crippen LogP contribution in [0.15, 0.2) is 53.3 Å². The Balaban J connectivity index is 1.38. The monoisotopic (exact) mass is 381 g/mol. The maximum atomic E-state index is 13.0. The third-order valence-corrected chi connectivity index (χ3v) is 4.94. The van der Waals surface area contributed by atoms with Crippen LogP contribution >= 0.6 is 0 Å². The minimum atomic E-state index is -0.295. The largest absolute Gasteiger partial charge is 0.339 e. The molecule has 1 N–H and O–H groups in total. The summed E-state index contributed by atoms with van der Waals surface area (Å²) in [5.74, 6) is 0.902. The van der Waals surface area contributed by atoms with E-state index in [1.165, 1.54) is 12.1 Å². The number of pyridine rings is 1. The van der Waals surface area contributed by atoms with Gasteiger partial charge in [0.25, 0.3) is 0 Å². The number of benzene rings is 1. The molecule has 2 amide bonds. The van der Waals surface area contributed by atoms with E-state index >= 15 is 0 Å². The van der Waals surface area contributed by atoms with E-state index in [9.17, 15) is 9.18 Å². The zero-order chi connectivity index (χ0) is 19.5. The lowest BCUT2D eigenvalue weighted by Crippen LogP contribution is -2.38. The van der Waals surface area contributed by atoms with Crippen LogP contribution in [0, 0.1) is 11.7 Å². The minimum absolute atomic E-state index is 0.0190. The molecule has 2 aromatic heterocycles. The van der Waals surface area contributed by atoms with Crippen molar-refractivity contribution in [1.82, 2.24) is 25.3 Å². The minimum Gasteiger partial charge on any atom is -0.339 e. The molecule has 2 atom stereocenters. The zero-order valence-electron chi connectivity index (χ0n) is 15.4. The Hall–Kier alpha value is -3.29. The Labute approximate surface area is 161 Å². The maximum Gasteiger partial charge on any atom is 0.317 e. The van der Waals surface area contributed by atoms with Crippen LogP contribution in [0.1, 0.15) is 24.3 Å². The molecule has 0 spiro atoms. The molecule has 0 aliphatic carbocycles. The molecule has 28 heavy (non-hydrogen) atoms. The molecule has 4 rings (SSSR count). The van der Waals surface area contributed by atoms with Crippen LogP contribution in [0.25, 0.3) is 11.4 Å². The van der Waals surface area contributed by atoms with E-state index in [0.717, 1.165) is 11.1 Å². The number of hydrogen-bond donors (Lipinski definition) is 1. The predicted octanol–water partition coefficient (Wildman–Crippen LogP) is 3.22. The van der Waals surface area contributed by atoms with Gasteiger partial charge in [-0.3, -0.25) is 4.98 Å². The second kappa shape index (κ2) is 7.75. The van der Waals surface area contributed by atoms with E-state index in [1.807, 2.05) is 12.1 Å². The van der Waals surface area contributed by atoms with Gasteiger partial charge in [0.2, 0.25) is 11.7 Å². The van der Waals surface area contributed by atoms with E-state index < -0.39 is 0 Å². The van der Waals surface area contributed by atoms with Crippen LogP contribution in [0.4, 0.5) is 9.18 Å². The molecule has 1 aliphatic rings. The lowest BCUT2D eigenvalue weighted by Gasteiger charge is -2.17. The lowest BCUT2D eigenvalue weighted by atomic mass is 9.98. The number of rotatable bonds is 4. The number of hydrogen-bond acceptors (Lipinski definition) is 5. The number of amides is 2. The third-order valence-electron chi connectivity index (χ3n) is 4.94. The molecule has 7 nitrogen and oxygen atoms in total. The average molecular weight is 381 g/mol. The highest BCUT2D eigenvalue weighted by molar-refractivity contribution is 5.74. The van der Waals surface area contributed by atoms with Crippen LogP contribution in [0.5, 0.6) is 0 Å². The van der Waals surface area contributed by atoms with E-state index in [0.29, 0.717) is 31.3 Å². The summed E-state index contributed by atoms with van der Waals surface area (Å²) in [7, 11) is 0. The van der Waals surface area contributed by atoms with Gasteiger partial charge in [-0.15, -0.1) is 0 Å². The van der Waals surface area contributed by atoms with Crippen LogP contribution in [-0.4, -0.2) is 39.1 Å². The lowest BCUT2D eigenvalue weighted by molar-refractivity contribution is 0.206. The molecule has 8 heteroatoms. The summed E-state index contributed by atoms with van der Waals surface area (Å²) in [6, 6.07) is 9.60. The first kappa shape index (κ1) is 18.1. The van der Waals surface area contributed by atoms with Crippen molar-refractivity contribution in [3.8, 4) is 11.4 Å². The predicted molar refractivity (Wildman–Crippen MR) is 99.6 cm³/mol. The summed E-state index contributed by atoms with van der Waals surface area (Å²) in [6.07, 6.45) is 3.37. The van der Waals surface area contributed by atoms with Crippen molar-refractivity contribution in [3.63, 3.8) is 0 Å². The van der Waals surface area contributed by atoms with Gasteiger partial charge in [0.15, 0.2) is 0 Å². The standard InChI is InChI=1S/C20H20FN5O2/c1-13-11-26(20(27)23-9-14-4-6-16(21)7-5-14)12-17(13)19-24-18(25-28-19)15-3-2-8-22-10-15/h2-8,10,13,17H,9,11-12H2,1H3,(H,23,27). The van der Waals surface area contributed by atoms with Gasteiger partial charge in [0.1, 0.15) is 5.82 Å². The van der Waals surface area contributed by atoms with Gasteiger partial charge in [-0.25, -0.2) is 9.18 Å². The van der Waals surface area contributed by atoms with Gasteiger partial charge in [0, 0.05) is 37.6 Å². The molecule has 3 heterocycles. The van der Waals surface area contributed by atoms with Gasteiger partial charge < -0.3 is 14.7 Å². The van der Waals surface area contributed by atoms with Crippen molar-refractivity contribution < 1.29 is 13.7 Å². The number of nitrogens with zero attached hydrogens (tertiary/aromatic N) is 4. The first-order valence-electron chi connectivity index (χ1n) is 9.11. The summed E-state index contributed by atoms with van der Waals surface area (Å²) in [5, 5.41) is 6.92. The van der Waals surface area contributed by atoms with Gasteiger partial charge in [0.05, 0.1) is 5.92 Å². The van der Waals surface area contributed by atoms with Crippen molar-refractivity contribution >= 4 is 6.03 Å².